The standard InChI is InChI=1S/C12H20N4O/c1-16-14-12(13-15-16)9-11(17)8-7-10-5-3-2-4-6-10/h10H,2-9H2,1H3. The van der Waals surface area contributed by atoms with Crippen molar-refractivity contribution in [2.24, 2.45) is 13.0 Å². The zero-order valence-electron chi connectivity index (χ0n) is 10.4. The Morgan fingerprint density at radius 1 is 1.35 bits per heavy atom. The molecule has 2 rings (SSSR count). The van der Waals surface area contributed by atoms with Crippen LogP contribution in [-0.4, -0.2) is 26.0 Å². The van der Waals surface area contributed by atoms with Gasteiger partial charge < -0.3 is 0 Å². The summed E-state index contributed by atoms with van der Waals surface area (Å²) in [5, 5.41) is 11.6. The monoisotopic (exact) mass is 236 g/mol. The van der Waals surface area contributed by atoms with E-state index in [9.17, 15) is 4.79 Å². The van der Waals surface area contributed by atoms with Gasteiger partial charge in [-0.1, -0.05) is 32.1 Å². The minimum atomic E-state index is 0.239. The van der Waals surface area contributed by atoms with Crippen LogP contribution in [0.4, 0.5) is 0 Å². The van der Waals surface area contributed by atoms with Gasteiger partial charge in [-0.3, -0.25) is 4.79 Å². The first-order valence-electron chi connectivity index (χ1n) is 6.48. The number of Topliss-reactive ketones (excluding diaryl/α,β-unsaturated/α-hetero) is 1. The molecule has 0 saturated heterocycles. The average molecular weight is 236 g/mol. The first-order chi connectivity index (χ1) is 8.24. The Morgan fingerprint density at radius 3 is 2.76 bits per heavy atom. The van der Waals surface area contributed by atoms with Gasteiger partial charge in [0.05, 0.1) is 13.5 Å². The molecule has 0 aromatic carbocycles. The van der Waals surface area contributed by atoms with E-state index in [1.54, 1.807) is 7.05 Å². The van der Waals surface area contributed by atoms with Gasteiger partial charge in [0.1, 0.15) is 5.78 Å². The van der Waals surface area contributed by atoms with E-state index in [-0.39, 0.29) is 5.78 Å². The molecule has 5 nitrogen and oxygen atoms in total. The topological polar surface area (TPSA) is 60.7 Å². The van der Waals surface area contributed by atoms with Gasteiger partial charge in [-0.05, 0) is 17.6 Å². The maximum atomic E-state index is 11.7. The molecule has 94 valence electrons. The zero-order chi connectivity index (χ0) is 12.1. The van der Waals surface area contributed by atoms with Crippen LogP contribution >= 0.6 is 0 Å². The molecule has 0 spiro atoms. The van der Waals surface area contributed by atoms with E-state index in [0.717, 1.165) is 12.3 Å². The zero-order valence-corrected chi connectivity index (χ0v) is 10.4. The predicted molar refractivity (Wildman–Crippen MR) is 63.3 cm³/mol. The average Bonchev–Trinajstić information content (AvgIpc) is 2.73. The third kappa shape index (κ3) is 3.91. The first kappa shape index (κ1) is 12.2. The van der Waals surface area contributed by atoms with E-state index in [1.165, 1.54) is 36.9 Å². The van der Waals surface area contributed by atoms with Gasteiger partial charge in [-0.15, -0.1) is 10.2 Å². The van der Waals surface area contributed by atoms with Crippen LogP contribution < -0.4 is 0 Å². The van der Waals surface area contributed by atoms with Crippen LogP contribution in [0, 0.1) is 5.92 Å². The largest absolute Gasteiger partial charge is 0.299 e. The summed E-state index contributed by atoms with van der Waals surface area (Å²) in [6.07, 6.45) is 8.69. The highest BCUT2D eigenvalue weighted by Gasteiger charge is 2.15. The SMILES string of the molecule is Cn1nnc(CC(=O)CCC2CCCCC2)n1. The van der Waals surface area contributed by atoms with Crippen molar-refractivity contribution >= 4 is 5.78 Å². The number of rotatable bonds is 5. The third-order valence-electron chi connectivity index (χ3n) is 3.46. The minimum Gasteiger partial charge on any atom is -0.299 e. The summed E-state index contributed by atoms with van der Waals surface area (Å²) < 4.78 is 0. The second kappa shape index (κ2) is 5.89. The first-order valence-corrected chi connectivity index (χ1v) is 6.48. The van der Waals surface area contributed by atoms with E-state index >= 15 is 0 Å². The van der Waals surface area contributed by atoms with Crippen LogP contribution in [0.3, 0.4) is 0 Å². The van der Waals surface area contributed by atoms with Crippen molar-refractivity contribution in [3.05, 3.63) is 5.82 Å². The number of hydrogen-bond donors (Lipinski definition) is 0. The van der Waals surface area contributed by atoms with Crippen LogP contribution in [-0.2, 0) is 18.3 Å². The summed E-state index contributed by atoms with van der Waals surface area (Å²) in [4.78, 5) is 13.1. The molecule has 5 heteroatoms. The molecule has 1 aromatic heterocycles. The van der Waals surface area contributed by atoms with Crippen molar-refractivity contribution in [1.29, 1.82) is 0 Å². The van der Waals surface area contributed by atoms with Crippen molar-refractivity contribution in [2.45, 2.75) is 51.4 Å². The Bertz CT molecular complexity index is 368. The highest BCUT2D eigenvalue weighted by Crippen LogP contribution is 2.27. The van der Waals surface area contributed by atoms with Crippen LogP contribution in [0.5, 0.6) is 0 Å². The van der Waals surface area contributed by atoms with E-state index in [0.29, 0.717) is 18.7 Å². The van der Waals surface area contributed by atoms with E-state index in [2.05, 4.69) is 15.4 Å². The molecule has 0 unspecified atom stereocenters. The fourth-order valence-electron chi connectivity index (χ4n) is 2.50. The summed E-state index contributed by atoms with van der Waals surface area (Å²) in [6.45, 7) is 0. The van der Waals surface area contributed by atoms with Crippen molar-refractivity contribution in [3.63, 3.8) is 0 Å². The fraction of sp³-hybridized carbons (Fsp3) is 0.833. The second-order valence-corrected chi connectivity index (χ2v) is 4.95. The molecule has 0 radical (unpaired) electrons. The lowest BCUT2D eigenvalue weighted by atomic mass is 9.85. The highest BCUT2D eigenvalue weighted by molar-refractivity contribution is 5.79. The van der Waals surface area contributed by atoms with Gasteiger partial charge in [0.15, 0.2) is 5.82 Å². The molecule has 1 aliphatic carbocycles. The van der Waals surface area contributed by atoms with Crippen molar-refractivity contribution in [3.8, 4) is 0 Å². The van der Waals surface area contributed by atoms with E-state index < -0.39 is 0 Å². The number of carbonyl (C=O) groups is 1. The summed E-state index contributed by atoms with van der Waals surface area (Å²) in [6, 6.07) is 0. The number of carbonyl (C=O) groups excluding carboxylic acids is 1. The molecule has 0 atom stereocenters. The van der Waals surface area contributed by atoms with E-state index in [1.807, 2.05) is 0 Å². The van der Waals surface area contributed by atoms with Crippen LogP contribution in [0.15, 0.2) is 0 Å². The summed E-state index contributed by atoms with van der Waals surface area (Å²) >= 11 is 0. The Kier molecular flexibility index (Phi) is 4.23. The number of nitrogens with zero attached hydrogens (tertiary/aromatic N) is 4. The van der Waals surface area contributed by atoms with Crippen molar-refractivity contribution in [2.75, 3.05) is 0 Å². The van der Waals surface area contributed by atoms with Crippen LogP contribution in [0.1, 0.15) is 50.8 Å². The number of tetrazole rings is 1. The number of ketones is 1. The van der Waals surface area contributed by atoms with Gasteiger partial charge >= 0.3 is 0 Å². The normalized spacial score (nSPS) is 17.2. The van der Waals surface area contributed by atoms with Crippen LogP contribution in [0.25, 0.3) is 0 Å². The third-order valence-corrected chi connectivity index (χ3v) is 3.46. The molecular weight excluding hydrogens is 216 g/mol. The Labute approximate surface area is 102 Å². The van der Waals surface area contributed by atoms with Gasteiger partial charge in [-0.2, -0.15) is 4.80 Å². The Balaban J connectivity index is 1.70. The molecule has 0 bridgehead atoms. The van der Waals surface area contributed by atoms with Crippen LogP contribution in [0.2, 0.25) is 0 Å². The molecule has 1 heterocycles. The number of aryl methyl sites for hydroxylation is 1. The number of hydrogen-bond acceptors (Lipinski definition) is 4. The molecule has 0 aliphatic heterocycles. The van der Waals surface area contributed by atoms with Gasteiger partial charge in [0.2, 0.25) is 0 Å². The molecule has 1 aliphatic rings. The molecule has 1 saturated carbocycles. The molecule has 1 fully saturated rings. The van der Waals surface area contributed by atoms with Gasteiger partial charge in [0.25, 0.3) is 0 Å². The predicted octanol–water partition coefficient (Wildman–Crippen LogP) is 1.68. The second-order valence-electron chi connectivity index (χ2n) is 4.95. The Morgan fingerprint density at radius 2 is 2.12 bits per heavy atom. The molecule has 1 aromatic rings. The molecule has 0 amide bonds. The minimum absolute atomic E-state index is 0.239. The maximum Gasteiger partial charge on any atom is 0.182 e. The van der Waals surface area contributed by atoms with Gasteiger partial charge in [0, 0.05) is 6.42 Å². The van der Waals surface area contributed by atoms with Crippen molar-refractivity contribution < 1.29 is 4.79 Å². The molecule has 0 N–H and O–H groups in total. The van der Waals surface area contributed by atoms with E-state index in [4.69, 9.17) is 0 Å². The summed E-state index contributed by atoms with van der Waals surface area (Å²) in [5.41, 5.74) is 0. The molecule has 17 heavy (non-hydrogen) atoms. The maximum absolute atomic E-state index is 11.7. The van der Waals surface area contributed by atoms with Gasteiger partial charge in [-0.25, -0.2) is 0 Å². The summed E-state index contributed by atoms with van der Waals surface area (Å²) in [7, 11) is 1.71. The van der Waals surface area contributed by atoms with Crippen molar-refractivity contribution in [1.82, 2.24) is 20.2 Å². The summed E-state index contributed by atoms with van der Waals surface area (Å²) in [5.74, 6) is 1.55. The fourth-order valence-corrected chi connectivity index (χ4v) is 2.50. The lowest BCUT2D eigenvalue weighted by molar-refractivity contribution is -0.118. The smallest absolute Gasteiger partial charge is 0.182 e. The lowest BCUT2D eigenvalue weighted by Gasteiger charge is -2.20. The quantitative estimate of drug-likeness (QED) is 0.780. The molecular formula is C12H20N4O. The lowest BCUT2D eigenvalue weighted by Crippen LogP contribution is -2.11. The Hall–Kier alpha value is -1.26. The highest BCUT2D eigenvalue weighted by atomic mass is 16.1. The number of aromatic nitrogens is 4.